The molecule has 1 aliphatic heterocycles. The summed E-state index contributed by atoms with van der Waals surface area (Å²) >= 11 is 0. The maximum atomic E-state index is 12.0. The first kappa shape index (κ1) is 21.2. The Labute approximate surface area is 181 Å². The fourth-order valence-electron chi connectivity index (χ4n) is 3.35. The number of hydrogen-bond acceptors (Lipinski definition) is 7. The Kier molecular flexibility index (Phi) is 5.90. The third-order valence-corrected chi connectivity index (χ3v) is 5.25. The lowest BCUT2D eigenvalue weighted by molar-refractivity contribution is 0.0520. The van der Waals surface area contributed by atoms with Gasteiger partial charge >= 0.3 is 0 Å². The number of aryl methyl sites for hydroxylation is 1. The van der Waals surface area contributed by atoms with Crippen molar-refractivity contribution >= 4 is 32.5 Å². The molecule has 0 bridgehead atoms. The van der Waals surface area contributed by atoms with Gasteiger partial charge in [-0.3, -0.25) is 4.98 Å². The van der Waals surface area contributed by atoms with E-state index in [2.05, 4.69) is 14.8 Å². The number of anilines is 1. The first-order chi connectivity index (χ1) is 14.9. The predicted octanol–water partition coefficient (Wildman–Crippen LogP) is 3.36. The molecule has 0 spiro atoms. The van der Waals surface area contributed by atoms with Crippen LogP contribution >= 0.6 is 0 Å². The van der Waals surface area contributed by atoms with Crippen molar-refractivity contribution in [1.82, 2.24) is 9.82 Å². The molecule has 4 rings (SSSR count). The zero-order valence-electron chi connectivity index (χ0n) is 17.6. The number of nitrogens with zero attached hydrogens (tertiary/aromatic N) is 3. The molecule has 162 valence electrons. The van der Waals surface area contributed by atoms with Gasteiger partial charge in [-0.25, -0.2) is 13.4 Å². The molecule has 2 heterocycles. The van der Waals surface area contributed by atoms with E-state index in [9.17, 15) is 8.42 Å². The van der Waals surface area contributed by atoms with E-state index in [1.165, 1.54) is 5.01 Å². The summed E-state index contributed by atoms with van der Waals surface area (Å²) in [5.41, 5.74) is 3.19. The number of aromatic nitrogens is 1. The number of fused-ring (bicyclic) bond motifs is 2. The summed E-state index contributed by atoms with van der Waals surface area (Å²) in [6.07, 6.45) is 2.71. The van der Waals surface area contributed by atoms with Crippen molar-refractivity contribution in [2.75, 3.05) is 17.9 Å². The first-order valence-electron chi connectivity index (χ1n) is 9.94. The predicted molar refractivity (Wildman–Crippen MR) is 121 cm³/mol. The third kappa shape index (κ3) is 4.68. The summed E-state index contributed by atoms with van der Waals surface area (Å²) in [6.45, 7) is 4.41. The standard InChI is InChI=1S/C22H24N4O4S/c1-4-13-29-22-24-21(18-7-5-6-8-20(18)26(22)25-31(3,27)28)30-16-9-10-17-15(2)11-12-23-19(17)14-16/h5-12,14,22,25H,4,13H2,1-3H3. The van der Waals surface area contributed by atoms with Gasteiger partial charge in [0.15, 0.2) is 0 Å². The summed E-state index contributed by atoms with van der Waals surface area (Å²) < 4.78 is 35.9. The first-order valence-corrected chi connectivity index (χ1v) is 11.8. The normalized spacial score (nSPS) is 16.2. The molecule has 0 saturated carbocycles. The van der Waals surface area contributed by atoms with Gasteiger partial charge in [0.25, 0.3) is 0 Å². The van der Waals surface area contributed by atoms with Gasteiger partial charge < -0.3 is 9.47 Å². The zero-order valence-corrected chi connectivity index (χ0v) is 18.4. The Morgan fingerprint density at radius 2 is 1.97 bits per heavy atom. The van der Waals surface area contributed by atoms with Crippen molar-refractivity contribution in [3.8, 4) is 5.75 Å². The van der Waals surface area contributed by atoms with Crippen molar-refractivity contribution in [3.63, 3.8) is 0 Å². The van der Waals surface area contributed by atoms with E-state index in [0.29, 0.717) is 29.5 Å². The van der Waals surface area contributed by atoms with Crippen LogP contribution in [-0.4, -0.2) is 38.5 Å². The molecule has 31 heavy (non-hydrogen) atoms. The van der Waals surface area contributed by atoms with Crippen LogP contribution in [-0.2, 0) is 14.8 Å². The minimum absolute atomic E-state index is 0.343. The van der Waals surface area contributed by atoms with Crippen LogP contribution in [0.15, 0.2) is 59.7 Å². The number of rotatable bonds is 6. The van der Waals surface area contributed by atoms with Crippen LogP contribution in [0.25, 0.3) is 10.9 Å². The number of benzene rings is 2. The maximum Gasteiger partial charge on any atom is 0.246 e. The lowest BCUT2D eigenvalue weighted by atomic mass is 10.1. The highest BCUT2D eigenvalue weighted by atomic mass is 32.2. The molecule has 0 radical (unpaired) electrons. The molecule has 0 saturated heterocycles. The molecule has 1 N–H and O–H groups in total. The highest BCUT2D eigenvalue weighted by Crippen LogP contribution is 2.30. The van der Waals surface area contributed by atoms with Crippen LogP contribution in [0.2, 0.25) is 0 Å². The Hall–Kier alpha value is -3.01. The SMILES string of the molecule is CCCOC1N=C(Oc2ccc3c(C)ccnc3c2)c2ccccc2N1NS(C)(=O)=O. The molecule has 1 unspecified atom stereocenters. The van der Waals surface area contributed by atoms with Gasteiger partial charge in [0, 0.05) is 17.6 Å². The molecular formula is C22H24N4O4S. The van der Waals surface area contributed by atoms with Gasteiger partial charge in [0.05, 0.1) is 29.6 Å². The molecule has 2 aromatic carbocycles. The average Bonchev–Trinajstić information content (AvgIpc) is 2.73. The third-order valence-electron chi connectivity index (χ3n) is 4.72. The van der Waals surface area contributed by atoms with Crippen molar-refractivity contribution in [3.05, 3.63) is 65.9 Å². The Morgan fingerprint density at radius 3 is 2.74 bits per heavy atom. The molecule has 1 aromatic heterocycles. The summed E-state index contributed by atoms with van der Waals surface area (Å²) in [5.74, 6) is 0.924. The number of ether oxygens (including phenoxy) is 2. The molecule has 8 nitrogen and oxygen atoms in total. The van der Waals surface area contributed by atoms with Crippen LogP contribution in [0.3, 0.4) is 0 Å². The van der Waals surface area contributed by atoms with E-state index in [0.717, 1.165) is 29.1 Å². The summed E-state index contributed by atoms with van der Waals surface area (Å²) in [5, 5.41) is 2.45. The largest absolute Gasteiger partial charge is 0.438 e. The van der Waals surface area contributed by atoms with Crippen molar-refractivity contribution in [1.29, 1.82) is 0 Å². The van der Waals surface area contributed by atoms with Crippen LogP contribution < -0.4 is 14.6 Å². The van der Waals surface area contributed by atoms with E-state index in [1.54, 1.807) is 12.3 Å². The number of pyridine rings is 1. The minimum Gasteiger partial charge on any atom is -0.438 e. The molecule has 0 amide bonds. The van der Waals surface area contributed by atoms with Gasteiger partial charge in [-0.2, -0.15) is 4.99 Å². The van der Waals surface area contributed by atoms with Crippen LogP contribution in [0.5, 0.6) is 5.75 Å². The lowest BCUT2D eigenvalue weighted by Gasteiger charge is -2.35. The minimum atomic E-state index is -3.55. The zero-order chi connectivity index (χ0) is 22.0. The Balaban J connectivity index is 1.74. The number of sulfonamides is 1. The van der Waals surface area contributed by atoms with Crippen molar-refractivity contribution < 1.29 is 17.9 Å². The number of nitrogens with one attached hydrogen (secondary N) is 1. The van der Waals surface area contributed by atoms with Crippen LogP contribution in [0.1, 0.15) is 24.5 Å². The van der Waals surface area contributed by atoms with E-state index in [-0.39, 0.29) is 0 Å². The van der Waals surface area contributed by atoms with Gasteiger partial charge in [-0.15, -0.1) is 4.83 Å². The number of aliphatic imine (C=N–C) groups is 1. The topological polar surface area (TPSA) is 93.1 Å². The van der Waals surface area contributed by atoms with E-state index in [1.807, 2.05) is 56.3 Å². The van der Waals surface area contributed by atoms with Gasteiger partial charge in [0.2, 0.25) is 22.3 Å². The van der Waals surface area contributed by atoms with Crippen LogP contribution in [0.4, 0.5) is 5.69 Å². The number of hydrazine groups is 1. The highest BCUT2D eigenvalue weighted by molar-refractivity contribution is 7.88. The quantitative estimate of drug-likeness (QED) is 0.632. The van der Waals surface area contributed by atoms with Gasteiger partial charge in [0.1, 0.15) is 5.75 Å². The molecule has 1 aliphatic rings. The molecule has 0 aliphatic carbocycles. The monoisotopic (exact) mass is 440 g/mol. The number of para-hydroxylation sites is 1. The van der Waals surface area contributed by atoms with Crippen LogP contribution in [0, 0.1) is 6.92 Å². The van der Waals surface area contributed by atoms with Crippen molar-refractivity contribution in [2.24, 2.45) is 4.99 Å². The molecule has 9 heteroatoms. The fraction of sp³-hybridized carbons (Fsp3) is 0.273. The second-order valence-corrected chi connectivity index (χ2v) is 9.02. The smallest absolute Gasteiger partial charge is 0.246 e. The van der Waals surface area contributed by atoms with Crippen molar-refractivity contribution in [2.45, 2.75) is 26.6 Å². The molecule has 1 atom stereocenters. The second-order valence-electron chi connectivity index (χ2n) is 7.29. The molecular weight excluding hydrogens is 416 g/mol. The number of hydrogen-bond donors (Lipinski definition) is 1. The summed E-state index contributed by atoms with van der Waals surface area (Å²) in [4.78, 5) is 11.5. The van der Waals surface area contributed by atoms with E-state index >= 15 is 0 Å². The Bertz CT molecular complexity index is 1240. The summed E-state index contributed by atoms with van der Waals surface area (Å²) in [7, 11) is -3.55. The van der Waals surface area contributed by atoms with Gasteiger partial charge in [-0.05, 0) is 49.2 Å². The Morgan fingerprint density at radius 1 is 1.16 bits per heavy atom. The fourth-order valence-corrected chi connectivity index (χ4v) is 3.89. The van der Waals surface area contributed by atoms with Gasteiger partial charge in [-0.1, -0.05) is 19.1 Å². The average molecular weight is 441 g/mol. The maximum absolute atomic E-state index is 12.0. The molecule has 0 fully saturated rings. The second kappa shape index (κ2) is 8.62. The summed E-state index contributed by atoms with van der Waals surface area (Å²) in [6, 6.07) is 14.9. The molecule has 3 aromatic rings. The van der Waals surface area contributed by atoms with E-state index < -0.39 is 16.4 Å². The van der Waals surface area contributed by atoms with E-state index in [4.69, 9.17) is 9.47 Å². The highest BCUT2D eigenvalue weighted by Gasteiger charge is 2.31. The lowest BCUT2D eigenvalue weighted by Crippen LogP contribution is -2.52.